The molecular formula is C28H23FO2. The van der Waals surface area contributed by atoms with Crippen molar-refractivity contribution in [1.29, 1.82) is 0 Å². The number of hydrogen-bond acceptors (Lipinski definition) is 2. The van der Waals surface area contributed by atoms with E-state index in [1.54, 1.807) is 12.1 Å². The molecule has 0 fully saturated rings. The van der Waals surface area contributed by atoms with Gasteiger partial charge in [-0.05, 0) is 71.0 Å². The molecule has 0 spiro atoms. The predicted octanol–water partition coefficient (Wildman–Crippen LogP) is 7.06. The zero-order valence-electron chi connectivity index (χ0n) is 17.3. The topological polar surface area (TPSA) is 26.3 Å². The highest BCUT2D eigenvalue weighted by Crippen LogP contribution is 2.24. The van der Waals surface area contributed by atoms with E-state index >= 15 is 0 Å². The Morgan fingerprint density at radius 1 is 0.774 bits per heavy atom. The lowest BCUT2D eigenvalue weighted by Gasteiger charge is -2.12. The number of carbonyl (C=O) groups excluding carboxylic acids is 1. The molecule has 0 aliphatic rings. The third-order valence-electron chi connectivity index (χ3n) is 5.34. The quantitative estimate of drug-likeness (QED) is 0.251. The Kier molecular flexibility index (Phi) is 6.23. The molecule has 0 amide bonds. The third-order valence-corrected chi connectivity index (χ3v) is 5.34. The third kappa shape index (κ3) is 5.26. The summed E-state index contributed by atoms with van der Waals surface area (Å²) < 4.78 is 18.3. The maximum atomic E-state index is 13.0. The second-order valence-corrected chi connectivity index (χ2v) is 7.63. The summed E-state index contributed by atoms with van der Waals surface area (Å²) >= 11 is 0. The predicted molar refractivity (Wildman–Crippen MR) is 122 cm³/mol. The molecular weight excluding hydrogens is 387 g/mol. The first-order valence-electron chi connectivity index (χ1n) is 10.3. The lowest BCUT2D eigenvalue weighted by molar-refractivity contribution is 0.0734. The van der Waals surface area contributed by atoms with Gasteiger partial charge in [-0.25, -0.2) is 9.18 Å². The lowest BCUT2D eigenvalue weighted by Crippen LogP contribution is -2.08. The van der Waals surface area contributed by atoms with E-state index in [9.17, 15) is 9.18 Å². The SMILES string of the molecule is CC(Cc1ccc(-c2ccc(C(=O)Oc3ccc(F)cc3)cc2)cc1)c1ccccc1. The molecule has 0 aliphatic carbocycles. The first kappa shape index (κ1) is 20.5. The van der Waals surface area contributed by atoms with Gasteiger partial charge in [-0.3, -0.25) is 0 Å². The van der Waals surface area contributed by atoms with Crippen molar-refractivity contribution in [2.24, 2.45) is 0 Å². The van der Waals surface area contributed by atoms with Crippen molar-refractivity contribution in [3.8, 4) is 16.9 Å². The monoisotopic (exact) mass is 410 g/mol. The van der Waals surface area contributed by atoms with Gasteiger partial charge in [-0.2, -0.15) is 0 Å². The Labute approximate surface area is 182 Å². The molecule has 0 saturated heterocycles. The Morgan fingerprint density at radius 2 is 1.35 bits per heavy atom. The average molecular weight is 410 g/mol. The highest BCUT2D eigenvalue weighted by atomic mass is 19.1. The van der Waals surface area contributed by atoms with Crippen LogP contribution in [0, 0.1) is 5.82 Å². The summed E-state index contributed by atoms with van der Waals surface area (Å²) in [6.45, 7) is 2.24. The summed E-state index contributed by atoms with van der Waals surface area (Å²) in [6.07, 6.45) is 0.985. The number of hydrogen-bond donors (Lipinski definition) is 0. The van der Waals surface area contributed by atoms with E-state index in [2.05, 4.69) is 55.5 Å². The molecule has 3 heteroatoms. The molecule has 154 valence electrons. The Hall–Kier alpha value is -3.72. The Morgan fingerprint density at radius 3 is 1.97 bits per heavy atom. The van der Waals surface area contributed by atoms with E-state index in [0.717, 1.165) is 17.5 Å². The molecule has 0 radical (unpaired) electrons. The first-order valence-corrected chi connectivity index (χ1v) is 10.3. The Bertz CT molecular complexity index is 1130. The van der Waals surface area contributed by atoms with E-state index in [1.807, 2.05) is 18.2 Å². The van der Waals surface area contributed by atoms with Gasteiger partial charge in [0.25, 0.3) is 0 Å². The van der Waals surface area contributed by atoms with Crippen molar-refractivity contribution in [1.82, 2.24) is 0 Å². The summed E-state index contributed by atoms with van der Waals surface area (Å²) in [5, 5.41) is 0. The van der Waals surface area contributed by atoms with Gasteiger partial charge in [0, 0.05) is 0 Å². The van der Waals surface area contributed by atoms with Crippen molar-refractivity contribution in [3.05, 3.63) is 126 Å². The van der Waals surface area contributed by atoms with Crippen LogP contribution in [0.2, 0.25) is 0 Å². The number of benzene rings is 4. The lowest BCUT2D eigenvalue weighted by atomic mass is 9.93. The van der Waals surface area contributed by atoms with Crippen molar-refractivity contribution in [3.63, 3.8) is 0 Å². The molecule has 0 bridgehead atoms. The van der Waals surface area contributed by atoms with Crippen LogP contribution >= 0.6 is 0 Å². The zero-order chi connectivity index (χ0) is 21.6. The van der Waals surface area contributed by atoms with Gasteiger partial charge in [0.05, 0.1) is 5.56 Å². The Balaban J connectivity index is 1.40. The van der Waals surface area contributed by atoms with Crippen LogP contribution in [0.15, 0.2) is 103 Å². The van der Waals surface area contributed by atoms with E-state index in [0.29, 0.717) is 17.2 Å². The molecule has 2 nitrogen and oxygen atoms in total. The fourth-order valence-electron chi connectivity index (χ4n) is 3.55. The van der Waals surface area contributed by atoms with Crippen molar-refractivity contribution in [2.75, 3.05) is 0 Å². The van der Waals surface area contributed by atoms with Crippen LogP contribution in [0.4, 0.5) is 4.39 Å². The average Bonchev–Trinajstić information content (AvgIpc) is 2.82. The van der Waals surface area contributed by atoms with E-state index in [4.69, 9.17) is 4.74 Å². The molecule has 0 heterocycles. The van der Waals surface area contributed by atoms with Crippen molar-refractivity contribution >= 4 is 5.97 Å². The fourth-order valence-corrected chi connectivity index (χ4v) is 3.55. The molecule has 4 aromatic rings. The second-order valence-electron chi connectivity index (χ2n) is 7.63. The van der Waals surface area contributed by atoms with Gasteiger partial charge in [-0.1, -0.05) is 73.7 Å². The van der Waals surface area contributed by atoms with Crippen LogP contribution in [0.5, 0.6) is 5.75 Å². The number of rotatable bonds is 6. The minimum Gasteiger partial charge on any atom is -0.423 e. The van der Waals surface area contributed by atoms with E-state index < -0.39 is 5.97 Å². The summed E-state index contributed by atoms with van der Waals surface area (Å²) in [5.41, 5.74) is 5.20. The molecule has 0 aromatic heterocycles. The number of halogens is 1. The molecule has 0 N–H and O–H groups in total. The minimum absolute atomic E-state index is 0.316. The van der Waals surface area contributed by atoms with Crippen molar-refractivity contribution < 1.29 is 13.9 Å². The molecule has 0 saturated carbocycles. The summed E-state index contributed by atoms with van der Waals surface area (Å²) in [4.78, 5) is 12.3. The van der Waals surface area contributed by atoms with Crippen LogP contribution in [-0.2, 0) is 6.42 Å². The van der Waals surface area contributed by atoms with Gasteiger partial charge >= 0.3 is 5.97 Å². The fraction of sp³-hybridized carbons (Fsp3) is 0.107. The molecule has 1 atom stereocenters. The van der Waals surface area contributed by atoms with Crippen LogP contribution in [0.1, 0.15) is 34.3 Å². The molecule has 0 aliphatic heterocycles. The standard InChI is InChI=1S/C28H23FO2/c1-20(22-5-3-2-4-6-22)19-21-7-9-23(10-8-21)24-11-13-25(14-12-24)28(30)31-27-17-15-26(29)16-18-27/h2-18,20H,19H2,1H3. The first-order chi connectivity index (χ1) is 15.1. The minimum atomic E-state index is -0.469. The highest BCUT2D eigenvalue weighted by Gasteiger charge is 2.10. The van der Waals surface area contributed by atoms with Gasteiger partial charge in [0.1, 0.15) is 11.6 Å². The number of ether oxygens (including phenoxy) is 1. The maximum Gasteiger partial charge on any atom is 0.343 e. The van der Waals surface area contributed by atoms with Gasteiger partial charge in [-0.15, -0.1) is 0 Å². The molecule has 1 unspecified atom stereocenters. The van der Waals surface area contributed by atoms with Crippen LogP contribution in [0.25, 0.3) is 11.1 Å². The number of esters is 1. The highest BCUT2D eigenvalue weighted by molar-refractivity contribution is 5.91. The van der Waals surface area contributed by atoms with Crippen LogP contribution < -0.4 is 4.74 Å². The normalized spacial score (nSPS) is 11.7. The van der Waals surface area contributed by atoms with E-state index in [-0.39, 0.29) is 5.82 Å². The number of carbonyl (C=O) groups is 1. The second kappa shape index (κ2) is 9.40. The maximum absolute atomic E-state index is 13.0. The van der Waals surface area contributed by atoms with Crippen LogP contribution in [-0.4, -0.2) is 5.97 Å². The van der Waals surface area contributed by atoms with Crippen molar-refractivity contribution in [2.45, 2.75) is 19.3 Å². The van der Waals surface area contributed by atoms with Gasteiger partial charge in [0.15, 0.2) is 0 Å². The largest absolute Gasteiger partial charge is 0.423 e. The zero-order valence-corrected chi connectivity index (χ0v) is 17.3. The van der Waals surface area contributed by atoms with Crippen LogP contribution in [0.3, 0.4) is 0 Å². The van der Waals surface area contributed by atoms with E-state index in [1.165, 1.54) is 35.4 Å². The van der Waals surface area contributed by atoms with Gasteiger partial charge in [0.2, 0.25) is 0 Å². The van der Waals surface area contributed by atoms with Gasteiger partial charge < -0.3 is 4.74 Å². The smallest absolute Gasteiger partial charge is 0.343 e. The molecule has 4 aromatic carbocycles. The molecule has 4 rings (SSSR count). The summed E-state index contributed by atoms with van der Waals surface area (Å²) in [5.74, 6) is -0.0673. The summed E-state index contributed by atoms with van der Waals surface area (Å²) in [6, 6.07) is 31.7. The summed E-state index contributed by atoms with van der Waals surface area (Å²) in [7, 11) is 0. The molecule has 31 heavy (non-hydrogen) atoms.